The summed E-state index contributed by atoms with van der Waals surface area (Å²) in [6, 6.07) is 22.4. The minimum atomic E-state index is -4.52. The van der Waals surface area contributed by atoms with E-state index in [-0.39, 0.29) is 15.5 Å². The van der Waals surface area contributed by atoms with Gasteiger partial charge in [-0.15, -0.1) is 0 Å². The van der Waals surface area contributed by atoms with Crippen molar-refractivity contribution in [2.75, 3.05) is 0 Å². The lowest BCUT2D eigenvalue weighted by Gasteiger charge is -2.20. The Bertz CT molecular complexity index is 1730. The molecule has 4 aromatic carbocycles. The van der Waals surface area contributed by atoms with Gasteiger partial charge in [0.15, 0.2) is 5.75 Å². The summed E-state index contributed by atoms with van der Waals surface area (Å²) in [5.41, 5.74) is 1.69. The molecule has 4 aromatic rings. The molecule has 9 nitrogen and oxygen atoms in total. The zero-order valence-corrected chi connectivity index (χ0v) is 23.4. The topological polar surface area (TPSA) is 133 Å². The predicted molar refractivity (Wildman–Crippen MR) is 147 cm³/mol. The maximum absolute atomic E-state index is 13.1. The van der Waals surface area contributed by atoms with Gasteiger partial charge in [0.25, 0.3) is 0 Å². The molecule has 0 saturated heterocycles. The van der Waals surface area contributed by atoms with Crippen LogP contribution < -0.4 is 13.1 Å². The first-order valence-corrected chi connectivity index (χ1v) is 14.8. The molecule has 0 aliphatic rings. The summed E-state index contributed by atoms with van der Waals surface area (Å²) in [6.07, 6.45) is -0.704. The average Bonchev–Trinajstić information content (AvgIpc) is 2.89. The molecular formula is C29H26O9S2. The molecule has 0 radical (unpaired) electrons. The lowest BCUT2D eigenvalue weighted by atomic mass is 10.1. The van der Waals surface area contributed by atoms with Crippen LogP contribution in [0, 0.1) is 13.8 Å². The van der Waals surface area contributed by atoms with Crippen LogP contribution in [0.25, 0.3) is 0 Å². The van der Waals surface area contributed by atoms with Crippen molar-refractivity contribution in [3.05, 3.63) is 113 Å². The fraction of sp³-hybridized carbons (Fsp3) is 0.138. The normalized spacial score (nSPS) is 12.4. The van der Waals surface area contributed by atoms with E-state index in [2.05, 4.69) is 0 Å². The van der Waals surface area contributed by atoms with Crippen molar-refractivity contribution in [2.24, 2.45) is 0 Å². The zero-order chi connectivity index (χ0) is 29.1. The summed E-state index contributed by atoms with van der Waals surface area (Å²) < 4.78 is 68.6. The van der Waals surface area contributed by atoms with Crippen molar-refractivity contribution >= 4 is 26.2 Å². The van der Waals surface area contributed by atoms with Gasteiger partial charge in [-0.25, -0.2) is 4.79 Å². The second-order valence-electron chi connectivity index (χ2n) is 8.97. The Labute approximate surface area is 232 Å². The van der Waals surface area contributed by atoms with E-state index in [4.69, 9.17) is 13.1 Å². The highest BCUT2D eigenvalue weighted by Gasteiger charge is 2.28. The van der Waals surface area contributed by atoms with Crippen molar-refractivity contribution in [2.45, 2.75) is 36.7 Å². The van der Waals surface area contributed by atoms with E-state index in [1.165, 1.54) is 24.3 Å². The number of ether oxygens (including phenoxy) is 1. The third-order valence-electron chi connectivity index (χ3n) is 5.85. The van der Waals surface area contributed by atoms with E-state index >= 15 is 0 Å². The van der Waals surface area contributed by atoms with E-state index in [1.54, 1.807) is 75.4 Å². The van der Waals surface area contributed by atoms with Crippen LogP contribution in [0.2, 0.25) is 0 Å². The number of rotatable bonds is 10. The third kappa shape index (κ3) is 6.61. The first-order chi connectivity index (χ1) is 18.9. The number of hydrogen-bond donors (Lipinski definition) is 1. The van der Waals surface area contributed by atoms with Gasteiger partial charge in [0.1, 0.15) is 33.0 Å². The molecule has 1 atom stereocenters. The van der Waals surface area contributed by atoms with Gasteiger partial charge >= 0.3 is 26.2 Å². The molecule has 0 heterocycles. The lowest BCUT2D eigenvalue weighted by Crippen LogP contribution is -2.15. The van der Waals surface area contributed by atoms with Gasteiger partial charge < -0.3 is 18.2 Å². The monoisotopic (exact) mass is 582 g/mol. The maximum Gasteiger partial charge on any atom is 0.343 e. The second-order valence-corrected chi connectivity index (χ2v) is 12.1. The summed E-state index contributed by atoms with van der Waals surface area (Å²) in [7, 11) is -8.91. The van der Waals surface area contributed by atoms with Gasteiger partial charge in [-0.3, -0.25) is 0 Å². The van der Waals surface area contributed by atoms with Crippen molar-refractivity contribution in [1.29, 1.82) is 0 Å². The molecule has 1 unspecified atom stereocenters. The molecular weight excluding hydrogens is 556 g/mol. The van der Waals surface area contributed by atoms with Crippen LogP contribution in [0.4, 0.5) is 0 Å². The van der Waals surface area contributed by atoms with Crippen LogP contribution in [0.15, 0.2) is 101 Å². The van der Waals surface area contributed by atoms with Crippen LogP contribution in [0.1, 0.15) is 40.1 Å². The smallest absolute Gasteiger partial charge is 0.343 e. The highest BCUT2D eigenvalue weighted by atomic mass is 32.2. The number of carboxylic acid groups (broad SMARTS) is 1. The Balaban J connectivity index is 1.83. The summed E-state index contributed by atoms with van der Waals surface area (Å²) in [5, 5.41) is 10.0. The van der Waals surface area contributed by atoms with Gasteiger partial charge in [0.05, 0.1) is 0 Å². The highest BCUT2D eigenvalue weighted by molar-refractivity contribution is 7.87. The van der Waals surface area contributed by atoms with Crippen molar-refractivity contribution in [3.63, 3.8) is 0 Å². The van der Waals surface area contributed by atoms with Crippen LogP contribution in [0.3, 0.4) is 0 Å². The number of carbonyl (C=O) groups is 1. The summed E-state index contributed by atoms with van der Waals surface area (Å²) in [5.74, 6) is -3.00. The molecule has 0 fully saturated rings. The Hall–Kier alpha value is -4.35. The molecule has 208 valence electrons. The lowest BCUT2D eigenvalue weighted by molar-refractivity contribution is 0.0687. The highest BCUT2D eigenvalue weighted by Crippen LogP contribution is 2.39. The molecule has 0 aliphatic heterocycles. The van der Waals surface area contributed by atoms with E-state index in [0.29, 0.717) is 5.56 Å². The Morgan fingerprint density at radius 3 is 1.68 bits per heavy atom. The van der Waals surface area contributed by atoms with E-state index < -0.39 is 49.4 Å². The predicted octanol–water partition coefficient (Wildman–Crippen LogP) is 5.68. The SMILES string of the molecule is Cc1ccc(S(=O)(=O)Oc2cc(OC(C)c3ccccc3)c(C(=O)O)c(OS(=O)(=O)c3ccc(C)cc3)c2)cc1. The number of aryl methyl sites for hydroxylation is 2. The van der Waals surface area contributed by atoms with Crippen LogP contribution >= 0.6 is 0 Å². The van der Waals surface area contributed by atoms with Gasteiger partial charge in [-0.05, 0) is 50.6 Å². The quantitative estimate of drug-likeness (QED) is 0.235. The zero-order valence-electron chi connectivity index (χ0n) is 21.8. The molecule has 4 rings (SSSR count). The first-order valence-electron chi connectivity index (χ1n) is 12.0. The Morgan fingerprint density at radius 2 is 1.18 bits per heavy atom. The van der Waals surface area contributed by atoms with Gasteiger partial charge in [-0.2, -0.15) is 16.8 Å². The van der Waals surface area contributed by atoms with Crippen molar-refractivity contribution < 1.29 is 39.8 Å². The molecule has 40 heavy (non-hydrogen) atoms. The van der Waals surface area contributed by atoms with Crippen LogP contribution in [-0.2, 0) is 20.2 Å². The number of hydrogen-bond acceptors (Lipinski definition) is 8. The maximum atomic E-state index is 13.1. The molecule has 0 amide bonds. The van der Waals surface area contributed by atoms with E-state index in [1.807, 2.05) is 0 Å². The van der Waals surface area contributed by atoms with E-state index in [0.717, 1.165) is 23.3 Å². The molecule has 0 bridgehead atoms. The summed E-state index contributed by atoms with van der Waals surface area (Å²) in [6.45, 7) is 5.21. The van der Waals surface area contributed by atoms with Crippen molar-refractivity contribution in [1.82, 2.24) is 0 Å². The molecule has 0 aromatic heterocycles. The Kier molecular flexibility index (Phi) is 8.17. The first kappa shape index (κ1) is 28.7. The largest absolute Gasteiger partial charge is 0.485 e. The molecule has 0 saturated carbocycles. The van der Waals surface area contributed by atoms with Gasteiger partial charge in [0, 0.05) is 12.1 Å². The molecule has 11 heteroatoms. The number of benzene rings is 4. The summed E-state index contributed by atoms with van der Waals surface area (Å²) >= 11 is 0. The second kappa shape index (κ2) is 11.4. The minimum Gasteiger partial charge on any atom is -0.485 e. The number of carboxylic acids is 1. The van der Waals surface area contributed by atoms with Crippen LogP contribution in [0.5, 0.6) is 17.2 Å². The van der Waals surface area contributed by atoms with Crippen molar-refractivity contribution in [3.8, 4) is 17.2 Å². The van der Waals surface area contributed by atoms with Crippen LogP contribution in [-0.4, -0.2) is 27.9 Å². The third-order valence-corrected chi connectivity index (χ3v) is 8.36. The summed E-state index contributed by atoms with van der Waals surface area (Å²) in [4.78, 5) is 12.0. The van der Waals surface area contributed by atoms with Gasteiger partial charge in [-0.1, -0.05) is 65.7 Å². The molecule has 1 N–H and O–H groups in total. The van der Waals surface area contributed by atoms with Gasteiger partial charge in [0.2, 0.25) is 0 Å². The number of aromatic carboxylic acids is 1. The fourth-order valence-corrected chi connectivity index (χ4v) is 5.57. The minimum absolute atomic E-state index is 0.157. The van der Waals surface area contributed by atoms with E-state index in [9.17, 15) is 26.7 Å². The fourth-order valence-electron chi connectivity index (χ4n) is 3.72. The Morgan fingerprint density at radius 1 is 0.700 bits per heavy atom. The average molecular weight is 583 g/mol. The molecule has 0 aliphatic carbocycles. The molecule has 0 spiro atoms. The standard InChI is InChI=1S/C29H26O9S2/c1-19-9-13-24(14-10-19)39(32,33)37-23-17-26(36-21(3)22-7-5-4-6-8-22)28(29(30)31)27(18-23)38-40(34,35)25-15-11-20(2)12-16-25/h4-18,21H,1-3H3,(H,30,31).